The van der Waals surface area contributed by atoms with Crippen molar-refractivity contribution < 1.29 is 0 Å². The highest BCUT2D eigenvalue weighted by Gasteiger charge is 2.04. The molecule has 1 atom stereocenters. The Labute approximate surface area is 109 Å². The van der Waals surface area contributed by atoms with Crippen LogP contribution >= 0.6 is 11.3 Å². The van der Waals surface area contributed by atoms with Crippen molar-refractivity contribution in [1.29, 1.82) is 0 Å². The Bertz CT molecular complexity index is 438. The van der Waals surface area contributed by atoms with E-state index >= 15 is 0 Å². The fourth-order valence-corrected chi connectivity index (χ4v) is 2.02. The van der Waals surface area contributed by atoms with Gasteiger partial charge in [0.2, 0.25) is 0 Å². The molecule has 0 fully saturated rings. The van der Waals surface area contributed by atoms with E-state index < -0.39 is 0 Å². The number of aryl methyl sites for hydroxylation is 1. The third-order valence-corrected chi connectivity index (χ3v) is 3.70. The van der Waals surface area contributed by atoms with Gasteiger partial charge in [0.15, 0.2) is 0 Å². The standard InChI is InChI=1S/C15H21NS/c1-6-11(2)7-8-12(3)13(4)9-15-10-17-14(5)16-15/h6-7,9-10,12H,1,8H2,2-5H3/b11-7-,13-9+/t12-/m0/s1. The molecule has 1 aromatic heterocycles. The number of aromatic nitrogens is 1. The Hall–Kier alpha value is -1.15. The summed E-state index contributed by atoms with van der Waals surface area (Å²) in [6, 6.07) is 0. The molecule has 0 amide bonds. The molecule has 17 heavy (non-hydrogen) atoms. The maximum absolute atomic E-state index is 4.46. The monoisotopic (exact) mass is 247 g/mol. The molecule has 1 nitrogen and oxygen atoms in total. The van der Waals surface area contributed by atoms with E-state index in [1.54, 1.807) is 11.3 Å². The van der Waals surface area contributed by atoms with E-state index in [1.165, 1.54) is 11.1 Å². The lowest BCUT2D eigenvalue weighted by atomic mass is 9.97. The summed E-state index contributed by atoms with van der Waals surface area (Å²) in [7, 11) is 0. The molecular formula is C15H21NS. The van der Waals surface area contributed by atoms with Crippen LogP contribution in [0.5, 0.6) is 0 Å². The topological polar surface area (TPSA) is 12.9 Å². The van der Waals surface area contributed by atoms with Gasteiger partial charge in [0.1, 0.15) is 0 Å². The third-order valence-electron chi connectivity index (χ3n) is 2.90. The van der Waals surface area contributed by atoms with Gasteiger partial charge < -0.3 is 0 Å². The quantitative estimate of drug-likeness (QED) is 0.666. The second kappa shape index (κ2) is 6.55. The van der Waals surface area contributed by atoms with Crippen molar-refractivity contribution in [2.45, 2.75) is 34.1 Å². The molecule has 2 heteroatoms. The molecular weight excluding hydrogens is 226 g/mol. The van der Waals surface area contributed by atoms with Crippen molar-refractivity contribution >= 4 is 17.4 Å². The van der Waals surface area contributed by atoms with Gasteiger partial charge in [-0.15, -0.1) is 11.3 Å². The summed E-state index contributed by atoms with van der Waals surface area (Å²) >= 11 is 1.70. The summed E-state index contributed by atoms with van der Waals surface area (Å²) in [4.78, 5) is 4.46. The SMILES string of the molecule is C=C/C(C)=C\C[C@H](C)/C(C)=C/c1csc(C)n1. The number of hydrogen-bond acceptors (Lipinski definition) is 2. The smallest absolute Gasteiger partial charge is 0.0901 e. The maximum atomic E-state index is 4.46. The van der Waals surface area contributed by atoms with Gasteiger partial charge in [-0.1, -0.05) is 36.8 Å². The van der Waals surface area contributed by atoms with Gasteiger partial charge in [0.25, 0.3) is 0 Å². The molecule has 0 saturated carbocycles. The largest absolute Gasteiger partial charge is 0.242 e. The van der Waals surface area contributed by atoms with Crippen molar-refractivity contribution in [3.05, 3.63) is 46.0 Å². The van der Waals surface area contributed by atoms with E-state index in [0.717, 1.165) is 17.1 Å². The molecule has 0 unspecified atom stereocenters. The zero-order chi connectivity index (χ0) is 12.8. The Kier molecular flexibility index (Phi) is 5.36. The summed E-state index contributed by atoms with van der Waals surface area (Å²) in [6.45, 7) is 12.3. The van der Waals surface area contributed by atoms with Crippen molar-refractivity contribution in [2.75, 3.05) is 0 Å². The summed E-state index contributed by atoms with van der Waals surface area (Å²) in [5.74, 6) is 0.548. The number of hydrogen-bond donors (Lipinski definition) is 0. The van der Waals surface area contributed by atoms with Crippen molar-refractivity contribution in [2.24, 2.45) is 5.92 Å². The normalized spacial score (nSPS) is 14.8. The van der Waals surface area contributed by atoms with Crippen molar-refractivity contribution in [3.8, 4) is 0 Å². The second-order valence-corrected chi connectivity index (χ2v) is 5.53. The molecule has 1 aromatic rings. The van der Waals surface area contributed by atoms with E-state index in [9.17, 15) is 0 Å². The first-order chi connectivity index (χ1) is 8.02. The molecule has 1 heterocycles. The van der Waals surface area contributed by atoms with Crippen molar-refractivity contribution in [1.82, 2.24) is 4.98 Å². The summed E-state index contributed by atoms with van der Waals surface area (Å²) in [5.41, 5.74) is 3.71. The highest BCUT2D eigenvalue weighted by molar-refractivity contribution is 7.09. The fraction of sp³-hybridized carbons (Fsp3) is 0.400. The van der Waals surface area contributed by atoms with Gasteiger partial charge in [-0.25, -0.2) is 4.98 Å². The minimum atomic E-state index is 0.548. The van der Waals surface area contributed by atoms with Gasteiger partial charge in [-0.3, -0.25) is 0 Å². The molecule has 1 rings (SSSR count). The first kappa shape index (κ1) is 13.9. The molecule has 0 aliphatic carbocycles. The Morgan fingerprint density at radius 2 is 2.24 bits per heavy atom. The van der Waals surface area contributed by atoms with Gasteiger partial charge >= 0.3 is 0 Å². The lowest BCUT2D eigenvalue weighted by molar-refractivity contribution is 0.698. The van der Waals surface area contributed by atoms with Crippen LogP contribution in [0.2, 0.25) is 0 Å². The number of rotatable bonds is 5. The summed E-state index contributed by atoms with van der Waals surface area (Å²) in [6.07, 6.45) is 7.38. The minimum absolute atomic E-state index is 0.548. The van der Waals surface area contributed by atoms with Gasteiger partial charge in [-0.05, 0) is 39.2 Å². The number of nitrogens with zero attached hydrogens (tertiary/aromatic N) is 1. The average molecular weight is 247 g/mol. The summed E-state index contributed by atoms with van der Waals surface area (Å²) < 4.78 is 0. The Morgan fingerprint density at radius 1 is 1.53 bits per heavy atom. The third kappa shape index (κ3) is 4.70. The van der Waals surface area contributed by atoms with Crippen LogP contribution in [0.1, 0.15) is 37.9 Å². The Morgan fingerprint density at radius 3 is 2.76 bits per heavy atom. The zero-order valence-electron chi connectivity index (χ0n) is 11.2. The van der Waals surface area contributed by atoms with Gasteiger partial charge in [0, 0.05) is 5.38 Å². The van der Waals surface area contributed by atoms with Crippen molar-refractivity contribution in [3.63, 3.8) is 0 Å². The van der Waals surface area contributed by atoms with Crippen LogP contribution in [-0.4, -0.2) is 4.98 Å². The first-order valence-corrected chi connectivity index (χ1v) is 6.80. The average Bonchev–Trinajstić information content (AvgIpc) is 2.70. The van der Waals surface area contributed by atoms with E-state index in [0.29, 0.717) is 5.92 Å². The van der Waals surface area contributed by atoms with Crippen LogP contribution in [0, 0.1) is 12.8 Å². The van der Waals surface area contributed by atoms with Gasteiger partial charge in [-0.2, -0.15) is 0 Å². The van der Waals surface area contributed by atoms with E-state index in [1.807, 2.05) is 13.0 Å². The highest BCUT2D eigenvalue weighted by Crippen LogP contribution is 2.20. The van der Waals surface area contributed by atoms with E-state index in [4.69, 9.17) is 0 Å². The Balaban J connectivity index is 2.66. The van der Waals surface area contributed by atoms with E-state index in [2.05, 4.69) is 49.9 Å². The first-order valence-electron chi connectivity index (χ1n) is 5.92. The van der Waals surface area contributed by atoms with Crippen LogP contribution in [0.3, 0.4) is 0 Å². The lowest BCUT2D eigenvalue weighted by Crippen LogP contribution is -1.95. The van der Waals surface area contributed by atoms with Crippen LogP contribution in [0.25, 0.3) is 6.08 Å². The minimum Gasteiger partial charge on any atom is -0.242 e. The lowest BCUT2D eigenvalue weighted by Gasteiger charge is -2.09. The molecule has 0 aliphatic rings. The molecule has 0 aliphatic heterocycles. The molecule has 92 valence electrons. The van der Waals surface area contributed by atoms with Crippen LogP contribution in [0.15, 0.2) is 35.3 Å². The predicted molar refractivity (Wildman–Crippen MR) is 78.2 cm³/mol. The highest BCUT2D eigenvalue weighted by atomic mass is 32.1. The van der Waals surface area contributed by atoms with E-state index in [-0.39, 0.29) is 0 Å². The molecule has 0 spiro atoms. The van der Waals surface area contributed by atoms with Gasteiger partial charge in [0.05, 0.1) is 10.7 Å². The molecule has 0 saturated heterocycles. The predicted octanol–water partition coefficient (Wildman–Crippen LogP) is 5.01. The molecule has 0 N–H and O–H groups in total. The summed E-state index contributed by atoms with van der Waals surface area (Å²) in [5, 5.41) is 3.23. The molecule has 0 bridgehead atoms. The zero-order valence-corrected chi connectivity index (χ0v) is 12.0. The number of thiazole rings is 1. The molecule has 0 aromatic carbocycles. The maximum Gasteiger partial charge on any atom is 0.0901 e. The number of allylic oxidation sites excluding steroid dienone is 4. The fourth-order valence-electron chi connectivity index (χ4n) is 1.45. The van der Waals surface area contributed by atoms with Crippen LogP contribution < -0.4 is 0 Å². The molecule has 0 radical (unpaired) electrons. The second-order valence-electron chi connectivity index (χ2n) is 4.47. The van der Waals surface area contributed by atoms with Crippen LogP contribution in [-0.2, 0) is 0 Å². The van der Waals surface area contributed by atoms with Crippen LogP contribution in [0.4, 0.5) is 0 Å².